The number of ether oxygens (including phenoxy) is 1. The van der Waals surface area contributed by atoms with Gasteiger partial charge in [0.05, 0.1) is 18.8 Å². The summed E-state index contributed by atoms with van der Waals surface area (Å²) < 4.78 is 5.60. The lowest BCUT2D eigenvalue weighted by molar-refractivity contribution is -0.0391. The molecular formula is C19H41NO3. The highest BCUT2D eigenvalue weighted by Crippen LogP contribution is 2.12. The summed E-state index contributed by atoms with van der Waals surface area (Å²) in [5, 5.41) is 21.9. The van der Waals surface area contributed by atoms with E-state index in [-0.39, 0.29) is 6.61 Å². The van der Waals surface area contributed by atoms with Gasteiger partial charge in [0.1, 0.15) is 0 Å². The van der Waals surface area contributed by atoms with Crippen LogP contribution in [0.15, 0.2) is 0 Å². The normalized spacial score (nSPS) is 14.1. The summed E-state index contributed by atoms with van der Waals surface area (Å²) in [6.07, 6.45) is 13.9. The van der Waals surface area contributed by atoms with Crippen LogP contribution in [0.25, 0.3) is 0 Å². The first-order valence-corrected chi connectivity index (χ1v) is 9.74. The third-order valence-corrected chi connectivity index (χ3v) is 4.18. The summed E-state index contributed by atoms with van der Waals surface area (Å²) in [5.74, 6) is 0. The Morgan fingerprint density at radius 3 is 2.00 bits per heavy atom. The molecule has 0 spiro atoms. The van der Waals surface area contributed by atoms with Crippen molar-refractivity contribution in [2.45, 2.75) is 90.1 Å². The molecule has 0 amide bonds. The van der Waals surface area contributed by atoms with Gasteiger partial charge in [-0.1, -0.05) is 64.7 Å². The Morgan fingerprint density at radius 1 is 0.870 bits per heavy atom. The van der Waals surface area contributed by atoms with Crippen molar-refractivity contribution in [2.75, 3.05) is 32.9 Å². The van der Waals surface area contributed by atoms with Gasteiger partial charge in [0.15, 0.2) is 0 Å². The molecule has 0 bridgehead atoms. The molecule has 0 saturated carbocycles. The van der Waals surface area contributed by atoms with Crippen LogP contribution in [0.5, 0.6) is 0 Å². The van der Waals surface area contributed by atoms with Crippen LogP contribution in [0, 0.1) is 0 Å². The molecule has 0 saturated heterocycles. The number of hydrogen-bond acceptors (Lipinski definition) is 4. The summed E-state index contributed by atoms with van der Waals surface area (Å²) in [6, 6.07) is 0. The molecule has 0 fully saturated rings. The van der Waals surface area contributed by atoms with E-state index in [1.165, 1.54) is 57.8 Å². The molecule has 0 aliphatic rings. The third-order valence-electron chi connectivity index (χ3n) is 4.18. The van der Waals surface area contributed by atoms with Crippen molar-refractivity contribution in [1.82, 2.24) is 5.32 Å². The fraction of sp³-hybridized carbons (Fsp3) is 1.00. The van der Waals surface area contributed by atoms with Crippen LogP contribution >= 0.6 is 0 Å². The maximum absolute atomic E-state index is 10.1. The Kier molecular flexibility index (Phi) is 16.6. The molecule has 4 nitrogen and oxygen atoms in total. The first-order chi connectivity index (χ1) is 11.1. The second kappa shape index (κ2) is 16.7. The zero-order chi connectivity index (χ0) is 17.2. The van der Waals surface area contributed by atoms with E-state index in [4.69, 9.17) is 9.84 Å². The molecule has 0 heterocycles. The molecule has 0 aromatic heterocycles. The highest BCUT2D eigenvalue weighted by atomic mass is 16.5. The quantitative estimate of drug-likeness (QED) is 0.336. The van der Waals surface area contributed by atoms with Crippen LogP contribution in [-0.2, 0) is 4.74 Å². The summed E-state index contributed by atoms with van der Waals surface area (Å²) in [6.45, 7) is 6.63. The molecule has 0 rings (SSSR count). The monoisotopic (exact) mass is 331 g/mol. The molecule has 1 atom stereocenters. The Labute approximate surface area is 144 Å². The number of aliphatic hydroxyl groups excluding tert-OH is 1. The summed E-state index contributed by atoms with van der Waals surface area (Å²) >= 11 is 0. The first kappa shape index (κ1) is 22.8. The molecule has 0 aliphatic carbocycles. The van der Waals surface area contributed by atoms with Gasteiger partial charge in [-0.2, -0.15) is 0 Å². The van der Waals surface area contributed by atoms with Crippen molar-refractivity contribution in [3.8, 4) is 0 Å². The van der Waals surface area contributed by atoms with Crippen molar-refractivity contribution in [2.24, 2.45) is 0 Å². The van der Waals surface area contributed by atoms with E-state index < -0.39 is 5.60 Å². The van der Waals surface area contributed by atoms with Crippen LogP contribution in [0.3, 0.4) is 0 Å². The molecule has 140 valence electrons. The van der Waals surface area contributed by atoms with E-state index >= 15 is 0 Å². The molecule has 4 heteroatoms. The first-order valence-electron chi connectivity index (χ1n) is 9.74. The number of rotatable bonds is 18. The van der Waals surface area contributed by atoms with Gasteiger partial charge in [-0.05, 0) is 26.3 Å². The smallest absolute Gasteiger partial charge is 0.0864 e. The van der Waals surface area contributed by atoms with Gasteiger partial charge >= 0.3 is 0 Å². The fourth-order valence-corrected chi connectivity index (χ4v) is 2.62. The minimum Gasteiger partial charge on any atom is -0.395 e. The van der Waals surface area contributed by atoms with Crippen LogP contribution in [0.2, 0.25) is 0 Å². The van der Waals surface area contributed by atoms with Crippen LogP contribution in [-0.4, -0.2) is 48.7 Å². The van der Waals surface area contributed by atoms with Gasteiger partial charge in [0.25, 0.3) is 0 Å². The molecule has 0 radical (unpaired) electrons. The van der Waals surface area contributed by atoms with E-state index in [0.29, 0.717) is 26.1 Å². The molecule has 0 aromatic carbocycles. The lowest BCUT2D eigenvalue weighted by Gasteiger charge is -2.23. The lowest BCUT2D eigenvalue weighted by Crippen LogP contribution is -2.35. The predicted molar refractivity (Wildman–Crippen MR) is 97.9 cm³/mol. The summed E-state index contributed by atoms with van der Waals surface area (Å²) in [5.41, 5.74) is -0.777. The molecule has 1 unspecified atom stereocenters. The molecular weight excluding hydrogens is 290 g/mol. The Bertz CT molecular complexity index is 235. The van der Waals surface area contributed by atoms with Gasteiger partial charge < -0.3 is 20.3 Å². The minimum atomic E-state index is -0.777. The van der Waals surface area contributed by atoms with Gasteiger partial charge in [-0.25, -0.2) is 0 Å². The van der Waals surface area contributed by atoms with E-state index in [2.05, 4.69) is 12.2 Å². The SMILES string of the molecule is CCCCCCCCCCCCOCC(C)(O)CCNCCO. The number of hydrogen-bond donors (Lipinski definition) is 3. The Balaban J connectivity index is 3.25. The van der Waals surface area contributed by atoms with Crippen LogP contribution < -0.4 is 5.32 Å². The third kappa shape index (κ3) is 18.0. The van der Waals surface area contributed by atoms with Crippen molar-refractivity contribution in [1.29, 1.82) is 0 Å². The number of unbranched alkanes of at least 4 members (excludes halogenated alkanes) is 9. The topological polar surface area (TPSA) is 61.7 Å². The second-order valence-electron chi connectivity index (χ2n) is 6.96. The average molecular weight is 332 g/mol. The standard InChI is InChI=1S/C19H41NO3/c1-3-4-5-6-7-8-9-10-11-12-17-23-18-19(2,22)13-14-20-15-16-21/h20-22H,3-18H2,1-2H3. The molecule has 23 heavy (non-hydrogen) atoms. The zero-order valence-corrected chi connectivity index (χ0v) is 15.6. The van der Waals surface area contributed by atoms with Gasteiger partial charge in [-0.3, -0.25) is 0 Å². The molecule has 0 aromatic rings. The van der Waals surface area contributed by atoms with Crippen molar-refractivity contribution in [3.63, 3.8) is 0 Å². The van der Waals surface area contributed by atoms with Crippen molar-refractivity contribution in [3.05, 3.63) is 0 Å². The van der Waals surface area contributed by atoms with Crippen LogP contribution in [0.1, 0.15) is 84.5 Å². The summed E-state index contributed by atoms with van der Waals surface area (Å²) in [4.78, 5) is 0. The fourth-order valence-electron chi connectivity index (χ4n) is 2.62. The maximum Gasteiger partial charge on any atom is 0.0864 e. The Morgan fingerprint density at radius 2 is 1.43 bits per heavy atom. The summed E-state index contributed by atoms with van der Waals surface area (Å²) in [7, 11) is 0. The van der Waals surface area contributed by atoms with Crippen molar-refractivity contribution < 1.29 is 14.9 Å². The van der Waals surface area contributed by atoms with E-state index in [9.17, 15) is 5.11 Å². The van der Waals surface area contributed by atoms with Gasteiger partial charge in [0.2, 0.25) is 0 Å². The average Bonchev–Trinajstić information content (AvgIpc) is 2.52. The molecule has 3 N–H and O–H groups in total. The lowest BCUT2D eigenvalue weighted by atomic mass is 10.0. The number of nitrogens with one attached hydrogen (secondary N) is 1. The van der Waals surface area contributed by atoms with Crippen molar-refractivity contribution >= 4 is 0 Å². The van der Waals surface area contributed by atoms with E-state index in [1.54, 1.807) is 0 Å². The Hall–Kier alpha value is -0.160. The number of aliphatic hydroxyl groups is 2. The maximum atomic E-state index is 10.1. The largest absolute Gasteiger partial charge is 0.395 e. The van der Waals surface area contributed by atoms with E-state index in [1.807, 2.05) is 6.92 Å². The molecule has 0 aliphatic heterocycles. The van der Waals surface area contributed by atoms with E-state index in [0.717, 1.165) is 13.0 Å². The second-order valence-corrected chi connectivity index (χ2v) is 6.96. The highest BCUT2D eigenvalue weighted by Gasteiger charge is 2.19. The van der Waals surface area contributed by atoms with Gasteiger partial charge in [0, 0.05) is 13.2 Å². The van der Waals surface area contributed by atoms with Gasteiger partial charge in [-0.15, -0.1) is 0 Å². The zero-order valence-electron chi connectivity index (χ0n) is 15.6. The highest BCUT2D eigenvalue weighted by molar-refractivity contribution is 4.72. The van der Waals surface area contributed by atoms with Crippen LogP contribution in [0.4, 0.5) is 0 Å². The minimum absolute atomic E-state index is 0.136. The predicted octanol–water partition coefficient (Wildman–Crippen LogP) is 3.65.